The van der Waals surface area contributed by atoms with E-state index in [-0.39, 0.29) is 11.6 Å². The van der Waals surface area contributed by atoms with Crippen molar-refractivity contribution < 1.29 is 5.11 Å². The van der Waals surface area contributed by atoms with Gasteiger partial charge < -0.3 is 5.11 Å². The highest BCUT2D eigenvalue weighted by atomic mass is 16.3. The second-order valence-electron chi connectivity index (χ2n) is 8.13. The van der Waals surface area contributed by atoms with Crippen LogP contribution in [0.25, 0.3) is 0 Å². The first-order valence-corrected chi connectivity index (χ1v) is 9.05. The maximum absolute atomic E-state index is 11.3. The van der Waals surface area contributed by atoms with Gasteiger partial charge in [0, 0.05) is 5.54 Å². The summed E-state index contributed by atoms with van der Waals surface area (Å²) >= 11 is 0. The molecule has 1 N–H and O–H groups in total. The van der Waals surface area contributed by atoms with E-state index in [2.05, 4.69) is 18.7 Å². The molecule has 0 bridgehead atoms. The summed E-state index contributed by atoms with van der Waals surface area (Å²) in [6.45, 7) is 7.23. The van der Waals surface area contributed by atoms with Gasteiger partial charge in [-0.15, -0.1) is 0 Å². The SMILES string of the molecule is CC1CC(C)CC(C(O)C2(N3CCCC3)CCCC2)C1. The number of aliphatic hydroxyl groups excluding tert-OH is 1. The van der Waals surface area contributed by atoms with Crippen LogP contribution in [0, 0.1) is 17.8 Å². The molecule has 0 aromatic heterocycles. The van der Waals surface area contributed by atoms with Gasteiger partial charge in [0.1, 0.15) is 0 Å². The monoisotopic (exact) mass is 279 g/mol. The predicted molar refractivity (Wildman–Crippen MR) is 83.7 cm³/mol. The van der Waals surface area contributed by atoms with E-state index in [0.29, 0.717) is 5.92 Å². The van der Waals surface area contributed by atoms with E-state index in [0.717, 1.165) is 11.8 Å². The molecule has 1 heterocycles. The molecule has 20 heavy (non-hydrogen) atoms. The van der Waals surface area contributed by atoms with Gasteiger partial charge in [0.2, 0.25) is 0 Å². The quantitative estimate of drug-likeness (QED) is 0.849. The van der Waals surface area contributed by atoms with Crippen LogP contribution in [0.4, 0.5) is 0 Å². The van der Waals surface area contributed by atoms with Gasteiger partial charge in [0.15, 0.2) is 0 Å². The Morgan fingerprint density at radius 3 is 2.00 bits per heavy atom. The summed E-state index contributed by atoms with van der Waals surface area (Å²) in [5.41, 5.74) is 0.151. The van der Waals surface area contributed by atoms with Crippen LogP contribution in [-0.4, -0.2) is 34.7 Å². The fraction of sp³-hybridized carbons (Fsp3) is 1.00. The van der Waals surface area contributed by atoms with Crippen LogP contribution in [0.2, 0.25) is 0 Å². The second kappa shape index (κ2) is 5.96. The van der Waals surface area contributed by atoms with Crippen molar-refractivity contribution >= 4 is 0 Å². The van der Waals surface area contributed by atoms with E-state index < -0.39 is 0 Å². The number of aliphatic hydroxyl groups is 1. The second-order valence-corrected chi connectivity index (χ2v) is 8.13. The summed E-state index contributed by atoms with van der Waals surface area (Å²) in [6.07, 6.45) is 11.6. The Hall–Kier alpha value is -0.0800. The highest BCUT2D eigenvalue weighted by molar-refractivity contribution is 5.04. The van der Waals surface area contributed by atoms with Gasteiger partial charge in [-0.3, -0.25) is 4.90 Å². The summed E-state index contributed by atoms with van der Waals surface area (Å²) < 4.78 is 0. The fourth-order valence-corrected chi connectivity index (χ4v) is 5.65. The molecule has 3 fully saturated rings. The van der Waals surface area contributed by atoms with E-state index in [9.17, 15) is 5.11 Å². The number of hydrogen-bond donors (Lipinski definition) is 1. The maximum atomic E-state index is 11.3. The van der Waals surface area contributed by atoms with Crippen LogP contribution in [-0.2, 0) is 0 Å². The summed E-state index contributed by atoms with van der Waals surface area (Å²) in [5, 5.41) is 11.3. The van der Waals surface area contributed by atoms with Crippen molar-refractivity contribution in [1.29, 1.82) is 0 Å². The number of rotatable bonds is 3. The number of nitrogens with zero attached hydrogens (tertiary/aromatic N) is 1. The molecule has 2 aliphatic carbocycles. The van der Waals surface area contributed by atoms with E-state index >= 15 is 0 Å². The van der Waals surface area contributed by atoms with Gasteiger partial charge in [0.05, 0.1) is 6.10 Å². The molecule has 2 nitrogen and oxygen atoms in total. The molecule has 0 aromatic carbocycles. The predicted octanol–water partition coefficient (Wildman–Crippen LogP) is 3.83. The highest BCUT2D eigenvalue weighted by Gasteiger charge is 2.49. The molecule has 0 amide bonds. The molecule has 3 unspecified atom stereocenters. The Labute approximate surface area is 124 Å². The van der Waals surface area contributed by atoms with Crippen LogP contribution < -0.4 is 0 Å². The van der Waals surface area contributed by atoms with Gasteiger partial charge in [-0.1, -0.05) is 26.7 Å². The lowest BCUT2D eigenvalue weighted by molar-refractivity contribution is -0.0674. The summed E-state index contributed by atoms with van der Waals surface area (Å²) in [6, 6.07) is 0. The van der Waals surface area contributed by atoms with Crippen LogP contribution >= 0.6 is 0 Å². The first-order chi connectivity index (χ1) is 9.62. The Bertz CT molecular complexity index is 307. The lowest BCUT2D eigenvalue weighted by atomic mass is 9.69. The molecule has 116 valence electrons. The first kappa shape index (κ1) is 14.8. The largest absolute Gasteiger partial charge is 0.391 e. The van der Waals surface area contributed by atoms with Gasteiger partial charge >= 0.3 is 0 Å². The molecule has 3 aliphatic rings. The third kappa shape index (κ3) is 2.66. The number of likely N-dealkylation sites (tertiary alicyclic amines) is 1. The molecular formula is C18H33NO. The average Bonchev–Trinajstić information content (AvgIpc) is 3.08. The third-order valence-corrected chi connectivity index (χ3v) is 6.42. The van der Waals surface area contributed by atoms with Gasteiger partial charge in [-0.25, -0.2) is 0 Å². The van der Waals surface area contributed by atoms with E-state index in [1.807, 2.05) is 0 Å². The molecule has 3 rings (SSSR count). The highest BCUT2D eigenvalue weighted by Crippen LogP contribution is 2.46. The minimum atomic E-state index is -0.0756. The summed E-state index contributed by atoms with van der Waals surface area (Å²) in [5.74, 6) is 2.15. The molecular weight excluding hydrogens is 246 g/mol. The van der Waals surface area contributed by atoms with E-state index in [1.165, 1.54) is 70.9 Å². The summed E-state index contributed by atoms with van der Waals surface area (Å²) in [7, 11) is 0. The van der Waals surface area contributed by atoms with Gasteiger partial charge in [-0.05, 0) is 75.8 Å². The molecule has 0 radical (unpaired) electrons. The minimum absolute atomic E-state index is 0.0756. The zero-order valence-electron chi connectivity index (χ0n) is 13.5. The molecule has 2 saturated carbocycles. The van der Waals surface area contributed by atoms with E-state index in [1.54, 1.807) is 0 Å². The molecule has 1 saturated heterocycles. The first-order valence-electron chi connectivity index (χ1n) is 9.05. The zero-order valence-corrected chi connectivity index (χ0v) is 13.5. The van der Waals surface area contributed by atoms with Crippen molar-refractivity contribution in [2.75, 3.05) is 13.1 Å². The molecule has 3 atom stereocenters. The van der Waals surface area contributed by atoms with Crippen molar-refractivity contribution in [3.63, 3.8) is 0 Å². The standard InChI is InChI=1S/C18H33NO/c1-14-11-15(2)13-16(12-14)17(20)18(7-3-4-8-18)19-9-5-6-10-19/h14-17,20H,3-13H2,1-2H3. The maximum Gasteiger partial charge on any atom is 0.0752 e. The van der Waals surface area contributed by atoms with Crippen LogP contribution in [0.5, 0.6) is 0 Å². The third-order valence-electron chi connectivity index (χ3n) is 6.42. The summed E-state index contributed by atoms with van der Waals surface area (Å²) in [4.78, 5) is 2.68. The van der Waals surface area contributed by atoms with Crippen LogP contribution in [0.3, 0.4) is 0 Å². The lowest BCUT2D eigenvalue weighted by Gasteiger charge is -2.47. The molecule has 0 spiro atoms. The molecule has 1 aliphatic heterocycles. The van der Waals surface area contributed by atoms with Gasteiger partial charge in [-0.2, -0.15) is 0 Å². The Balaban J connectivity index is 1.76. The Morgan fingerprint density at radius 1 is 0.900 bits per heavy atom. The van der Waals surface area contributed by atoms with Crippen LogP contribution in [0.1, 0.15) is 71.6 Å². The molecule has 0 aromatic rings. The van der Waals surface area contributed by atoms with Crippen molar-refractivity contribution in [3.05, 3.63) is 0 Å². The Morgan fingerprint density at radius 2 is 1.45 bits per heavy atom. The fourth-order valence-electron chi connectivity index (χ4n) is 5.65. The lowest BCUT2D eigenvalue weighted by Crippen LogP contribution is -2.57. The topological polar surface area (TPSA) is 23.5 Å². The number of hydrogen-bond acceptors (Lipinski definition) is 2. The smallest absolute Gasteiger partial charge is 0.0752 e. The zero-order chi connectivity index (χ0) is 14.2. The normalized spacial score (nSPS) is 40.0. The van der Waals surface area contributed by atoms with Crippen molar-refractivity contribution in [1.82, 2.24) is 4.90 Å². The average molecular weight is 279 g/mol. The minimum Gasteiger partial charge on any atom is -0.391 e. The van der Waals surface area contributed by atoms with Crippen LogP contribution in [0.15, 0.2) is 0 Å². The van der Waals surface area contributed by atoms with Crippen molar-refractivity contribution in [2.24, 2.45) is 17.8 Å². The van der Waals surface area contributed by atoms with Gasteiger partial charge in [0.25, 0.3) is 0 Å². The van der Waals surface area contributed by atoms with Crippen molar-refractivity contribution in [2.45, 2.75) is 83.3 Å². The van der Waals surface area contributed by atoms with Crippen molar-refractivity contribution in [3.8, 4) is 0 Å². The Kier molecular flexibility index (Phi) is 4.42. The van der Waals surface area contributed by atoms with E-state index in [4.69, 9.17) is 0 Å². The molecule has 2 heteroatoms.